The molecule has 1 aromatic rings. The van der Waals surface area contributed by atoms with Gasteiger partial charge in [-0.05, 0) is 17.9 Å². The predicted octanol–water partition coefficient (Wildman–Crippen LogP) is -0.909. The Bertz CT molecular complexity index is 952. The van der Waals surface area contributed by atoms with Crippen molar-refractivity contribution in [2.75, 3.05) is 0 Å². The van der Waals surface area contributed by atoms with Crippen LogP contribution in [0.3, 0.4) is 0 Å². The highest BCUT2D eigenvalue weighted by atomic mass is 16.4. The zero-order valence-electron chi connectivity index (χ0n) is 20.0. The SMILES string of the molecule is CC(C)C(NC(=O)C(N)CCC(=O)O)C(=O)NC(CC(=O)O)C(=O)NC(Cc1ccccc1)C(=O)O. The maximum absolute atomic E-state index is 12.9. The average molecular weight is 509 g/mol. The topological polar surface area (TPSA) is 225 Å². The van der Waals surface area contributed by atoms with Crippen molar-refractivity contribution in [1.82, 2.24) is 16.0 Å². The highest BCUT2D eigenvalue weighted by Crippen LogP contribution is 2.07. The Morgan fingerprint density at radius 1 is 0.806 bits per heavy atom. The smallest absolute Gasteiger partial charge is 0.326 e. The second-order valence-corrected chi connectivity index (χ2v) is 8.52. The molecule has 1 aromatic carbocycles. The monoisotopic (exact) mass is 508 g/mol. The van der Waals surface area contributed by atoms with Crippen molar-refractivity contribution >= 4 is 35.6 Å². The van der Waals surface area contributed by atoms with E-state index in [0.717, 1.165) is 0 Å². The molecule has 0 fully saturated rings. The fourth-order valence-electron chi connectivity index (χ4n) is 3.17. The first-order valence-corrected chi connectivity index (χ1v) is 11.2. The largest absolute Gasteiger partial charge is 0.481 e. The number of carbonyl (C=O) groups excluding carboxylic acids is 3. The molecule has 0 saturated carbocycles. The van der Waals surface area contributed by atoms with E-state index in [0.29, 0.717) is 5.56 Å². The Labute approximate surface area is 207 Å². The van der Waals surface area contributed by atoms with Gasteiger partial charge in [0.15, 0.2) is 0 Å². The molecule has 1 rings (SSSR count). The standard InChI is InChI=1S/C23H32N4O9/c1-12(2)19(27-20(32)14(24)8-9-17(28)29)22(34)25-15(11-18(30)31)21(33)26-16(23(35)36)10-13-6-4-3-5-7-13/h3-7,12,14-16,19H,8-11,24H2,1-2H3,(H,25,34)(H,26,33)(H,27,32)(H,28,29)(H,30,31)(H,35,36). The van der Waals surface area contributed by atoms with E-state index in [-0.39, 0.29) is 19.3 Å². The number of rotatable bonds is 15. The van der Waals surface area contributed by atoms with Crippen LogP contribution in [-0.4, -0.2) is 75.1 Å². The van der Waals surface area contributed by atoms with Crippen LogP contribution in [0.4, 0.5) is 0 Å². The Morgan fingerprint density at radius 3 is 1.89 bits per heavy atom. The van der Waals surface area contributed by atoms with Gasteiger partial charge >= 0.3 is 17.9 Å². The summed E-state index contributed by atoms with van der Waals surface area (Å²) in [7, 11) is 0. The molecule has 198 valence electrons. The van der Waals surface area contributed by atoms with E-state index < -0.39 is 72.1 Å². The maximum Gasteiger partial charge on any atom is 0.326 e. The molecule has 0 aromatic heterocycles. The molecule has 0 aliphatic carbocycles. The molecule has 0 heterocycles. The van der Waals surface area contributed by atoms with Gasteiger partial charge in [0.25, 0.3) is 0 Å². The van der Waals surface area contributed by atoms with Crippen LogP contribution in [0.25, 0.3) is 0 Å². The van der Waals surface area contributed by atoms with Crippen molar-refractivity contribution in [3.05, 3.63) is 35.9 Å². The number of carbonyl (C=O) groups is 6. The molecule has 13 heteroatoms. The third-order valence-corrected chi connectivity index (χ3v) is 5.16. The van der Waals surface area contributed by atoms with Gasteiger partial charge in [-0.25, -0.2) is 4.79 Å². The number of nitrogens with one attached hydrogen (secondary N) is 3. The molecule has 0 saturated heterocycles. The van der Waals surface area contributed by atoms with Crippen molar-refractivity contribution in [2.45, 2.75) is 63.7 Å². The van der Waals surface area contributed by atoms with Gasteiger partial charge in [-0.2, -0.15) is 0 Å². The van der Waals surface area contributed by atoms with Gasteiger partial charge in [0.2, 0.25) is 17.7 Å². The average Bonchev–Trinajstić information content (AvgIpc) is 2.79. The van der Waals surface area contributed by atoms with Crippen LogP contribution in [0.1, 0.15) is 38.7 Å². The number of nitrogens with two attached hydrogens (primary N) is 1. The first kappa shape index (κ1) is 30.0. The molecular weight excluding hydrogens is 476 g/mol. The van der Waals surface area contributed by atoms with Crippen molar-refractivity contribution < 1.29 is 44.1 Å². The van der Waals surface area contributed by atoms with Crippen molar-refractivity contribution in [3.8, 4) is 0 Å². The number of aliphatic carboxylic acids is 3. The highest BCUT2D eigenvalue weighted by molar-refractivity contribution is 5.95. The summed E-state index contributed by atoms with van der Waals surface area (Å²) in [6.45, 7) is 3.17. The molecule has 0 aliphatic heterocycles. The van der Waals surface area contributed by atoms with E-state index in [1.54, 1.807) is 44.2 Å². The molecule has 0 spiro atoms. The molecule has 3 amide bonds. The van der Waals surface area contributed by atoms with Crippen molar-refractivity contribution in [1.29, 1.82) is 0 Å². The third kappa shape index (κ3) is 10.5. The molecule has 8 N–H and O–H groups in total. The second kappa shape index (κ2) is 14.4. The number of carboxylic acids is 3. The van der Waals surface area contributed by atoms with Gasteiger partial charge in [-0.15, -0.1) is 0 Å². The number of hydrogen-bond donors (Lipinski definition) is 7. The molecule has 0 bridgehead atoms. The number of hydrogen-bond acceptors (Lipinski definition) is 7. The van der Waals surface area contributed by atoms with E-state index in [1.165, 1.54) is 0 Å². The Hall–Kier alpha value is -4.00. The first-order chi connectivity index (χ1) is 16.8. The summed E-state index contributed by atoms with van der Waals surface area (Å²) in [5.74, 6) is -7.15. The van der Waals surface area contributed by atoms with Gasteiger partial charge in [0, 0.05) is 12.8 Å². The maximum atomic E-state index is 12.9. The van der Waals surface area contributed by atoms with E-state index in [2.05, 4.69) is 16.0 Å². The lowest BCUT2D eigenvalue weighted by Crippen LogP contribution is -2.58. The summed E-state index contributed by atoms with van der Waals surface area (Å²) >= 11 is 0. The quantitative estimate of drug-likeness (QED) is 0.154. The lowest BCUT2D eigenvalue weighted by atomic mass is 10.0. The van der Waals surface area contributed by atoms with Crippen LogP contribution in [0.2, 0.25) is 0 Å². The molecule has 4 unspecified atom stereocenters. The van der Waals surface area contributed by atoms with Gasteiger partial charge in [0.05, 0.1) is 12.5 Å². The minimum atomic E-state index is -1.63. The van der Waals surface area contributed by atoms with Crippen LogP contribution < -0.4 is 21.7 Å². The summed E-state index contributed by atoms with van der Waals surface area (Å²) < 4.78 is 0. The van der Waals surface area contributed by atoms with E-state index in [4.69, 9.17) is 10.8 Å². The zero-order valence-corrected chi connectivity index (χ0v) is 20.0. The summed E-state index contributed by atoms with van der Waals surface area (Å²) in [5, 5.41) is 34.3. The van der Waals surface area contributed by atoms with E-state index >= 15 is 0 Å². The summed E-state index contributed by atoms with van der Waals surface area (Å²) in [6, 6.07) is 2.99. The number of carboxylic acid groups (broad SMARTS) is 3. The van der Waals surface area contributed by atoms with Gasteiger partial charge in [-0.3, -0.25) is 24.0 Å². The molecular formula is C23H32N4O9. The first-order valence-electron chi connectivity index (χ1n) is 11.2. The van der Waals surface area contributed by atoms with Crippen LogP contribution in [0.15, 0.2) is 30.3 Å². The summed E-state index contributed by atoms with van der Waals surface area (Å²) in [4.78, 5) is 71.6. The normalized spacial score (nSPS) is 14.1. The minimum Gasteiger partial charge on any atom is -0.481 e. The van der Waals surface area contributed by atoms with Crippen LogP contribution in [0, 0.1) is 5.92 Å². The third-order valence-electron chi connectivity index (χ3n) is 5.16. The van der Waals surface area contributed by atoms with Crippen molar-refractivity contribution in [2.24, 2.45) is 11.7 Å². The lowest BCUT2D eigenvalue weighted by Gasteiger charge is -2.26. The molecule has 0 aliphatic rings. The minimum absolute atomic E-state index is 0.0748. The summed E-state index contributed by atoms with van der Waals surface area (Å²) in [6.07, 6.45) is -1.45. The predicted molar refractivity (Wildman–Crippen MR) is 126 cm³/mol. The fraction of sp³-hybridized carbons (Fsp3) is 0.478. The van der Waals surface area contributed by atoms with Crippen molar-refractivity contribution in [3.63, 3.8) is 0 Å². The Morgan fingerprint density at radius 2 is 1.39 bits per heavy atom. The van der Waals surface area contributed by atoms with Gasteiger partial charge in [0.1, 0.15) is 18.1 Å². The van der Waals surface area contributed by atoms with Crippen LogP contribution >= 0.6 is 0 Å². The van der Waals surface area contributed by atoms with Gasteiger partial charge < -0.3 is 37.0 Å². The number of benzene rings is 1. The molecule has 0 radical (unpaired) electrons. The van der Waals surface area contributed by atoms with Crippen LogP contribution in [-0.2, 0) is 35.2 Å². The molecule has 13 nitrogen and oxygen atoms in total. The molecule has 4 atom stereocenters. The molecule has 36 heavy (non-hydrogen) atoms. The van der Waals surface area contributed by atoms with Crippen LogP contribution in [0.5, 0.6) is 0 Å². The van der Waals surface area contributed by atoms with E-state index in [9.17, 15) is 39.0 Å². The highest BCUT2D eigenvalue weighted by Gasteiger charge is 2.32. The Kier molecular flexibility index (Phi) is 12.0. The lowest BCUT2D eigenvalue weighted by molar-refractivity contribution is -0.144. The van der Waals surface area contributed by atoms with E-state index in [1.807, 2.05) is 0 Å². The fourth-order valence-corrected chi connectivity index (χ4v) is 3.17. The summed E-state index contributed by atoms with van der Waals surface area (Å²) in [5.41, 5.74) is 6.29. The Balaban J connectivity index is 2.95. The number of amides is 3. The zero-order chi connectivity index (χ0) is 27.4. The second-order valence-electron chi connectivity index (χ2n) is 8.52. The van der Waals surface area contributed by atoms with Gasteiger partial charge in [-0.1, -0.05) is 44.2 Å².